The first-order valence-electron chi connectivity index (χ1n) is 9.48. The van der Waals surface area contributed by atoms with Gasteiger partial charge in [0.1, 0.15) is 23.9 Å². The summed E-state index contributed by atoms with van der Waals surface area (Å²) >= 11 is 0. The molecule has 156 valence electrons. The molecule has 0 aromatic heterocycles. The number of hydrogen-bond donors (Lipinski definition) is 2. The lowest BCUT2D eigenvalue weighted by atomic mass is 10.1. The average Bonchev–Trinajstić information content (AvgIpc) is 2.79. The largest absolute Gasteiger partial charge is 0.497 e. The summed E-state index contributed by atoms with van der Waals surface area (Å²) in [5, 5.41) is 7.53. The van der Waals surface area contributed by atoms with E-state index < -0.39 is 5.91 Å². The molecule has 0 atom stereocenters. The minimum Gasteiger partial charge on any atom is -0.497 e. The van der Waals surface area contributed by atoms with Crippen molar-refractivity contribution >= 4 is 22.6 Å². The first kappa shape index (κ1) is 21.0. The highest BCUT2D eigenvalue weighted by atomic mass is 16.5. The van der Waals surface area contributed by atoms with Gasteiger partial charge >= 0.3 is 0 Å². The van der Waals surface area contributed by atoms with Crippen LogP contribution in [-0.4, -0.2) is 45.7 Å². The van der Waals surface area contributed by atoms with Gasteiger partial charge in [0, 0.05) is 11.6 Å². The molecule has 3 aromatic rings. The van der Waals surface area contributed by atoms with Crippen LogP contribution in [0.25, 0.3) is 10.8 Å². The van der Waals surface area contributed by atoms with Gasteiger partial charge in [-0.15, -0.1) is 0 Å². The molecule has 0 unspecified atom stereocenters. The van der Waals surface area contributed by atoms with Gasteiger partial charge < -0.3 is 24.8 Å². The zero-order valence-electron chi connectivity index (χ0n) is 16.9. The molecular weight excluding hydrogens is 384 g/mol. The molecule has 0 spiro atoms. The molecule has 0 aliphatic carbocycles. The van der Waals surface area contributed by atoms with Crippen LogP contribution in [0.4, 0.5) is 0 Å². The molecule has 2 N–H and O–H groups in total. The van der Waals surface area contributed by atoms with Crippen molar-refractivity contribution in [3.63, 3.8) is 0 Å². The lowest BCUT2D eigenvalue weighted by Gasteiger charge is -2.10. The molecule has 2 amide bonds. The highest BCUT2D eigenvalue weighted by Crippen LogP contribution is 2.22. The normalized spacial score (nSPS) is 10.3. The maximum atomic E-state index is 12.3. The van der Waals surface area contributed by atoms with Crippen LogP contribution in [-0.2, 0) is 4.79 Å². The van der Waals surface area contributed by atoms with Crippen molar-refractivity contribution in [2.24, 2.45) is 0 Å². The summed E-state index contributed by atoms with van der Waals surface area (Å²) < 4.78 is 16.0. The minimum atomic E-state index is -0.394. The number of nitrogens with one attached hydrogen (secondary N) is 2. The standard InChI is InChI=1S/C23H24N2O5/c1-28-20-12-18(13-21(14-20)29-2)23(27)25-15-22(26)24-9-10-30-19-8-7-16-5-3-4-6-17(16)11-19/h3-8,11-14H,9-10,15H2,1-2H3,(H,24,26)(H,25,27). The molecule has 7 heteroatoms. The summed E-state index contributed by atoms with van der Waals surface area (Å²) in [6.45, 7) is 0.508. The smallest absolute Gasteiger partial charge is 0.251 e. The minimum absolute atomic E-state index is 0.145. The third-order valence-corrected chi connectivity index (χ3v) is 4.44. The number of carbonyl (C=O) groups excluding carboxylic acids is 2. The Morgan fingerprint density at radius 1 is 0.800 bits per heavy atom. The van der Waals surface area contributed by atoms with E-state index in [0.717, 1.165) is 16.5 Å². The molecule has 0 heterocycles. The van der Waals surface area contributed by atoms with E-state index in [1.807, 2.05) is 42.5 Å². The van der Waals surface area contributed by atoms with Crippen LogP contribution < -0.4 is 24.8 Å². The van der Waals surface area contributed by atoms with Gasteiger partial charge in [-0.3, -0.25) is 9.59 Å². The topological polar surface area (TPSA) is 85.9 Å². The summed E-state index contributed by atoms with van der Waals surface area (Å²) in [5.74, 6) is 1.03. The highest BCUT2D eigenvalue weighted by molar-refractivity contribution is 5.97. The van der Waals surface area contributed by atoms with Crippen LogP contribution in [0.15, 0.2) is 60.7 Å². The van der Waals surface area contributed by atoms with Gasteiger partial charge in [-0.1, -0.05) is 30.3 Å². The van der Waals surface area contributed by atoms with Crippen LogP contribution in [0.5, 0.6) is 17.2 Å². The molecule has 0 fully saturated rings. The van der Waals surface area contributed by atoms with Crippen LogP contribution in [0.2, 0.25) is 0 Å². The van der Waals surface area contributed by atoms with E-state index >= 15 is 0 Å². The fraction of sp³-hybridized carbons (Fsp3) is 0.217. The molecule has 0 aliphatic heterocycles. The summed E-state index contributed by atoms with van der Waals surface area (Å²) in [7, 11) is 3.01. The predicted molar refractivity (Wildman–Crippen MR) is 114 cm³/mol. The molecule has 3 aromatic carbocycles. The number of carbonyl (C=O) groups is 2. The quantitative estimate of drug-likeness (QED) is 0.532. The molecule has 0 aliphatic rings. The van der Waals surface area contributed by atoms with Crippen LogP contribution in [0.3, 0.4) is 0 Å². The van der Waals surface area contributed by atoms with Crippen molar-refractivity contribution in [1.29, 1.82) is 0 Å². The second-order valence-electron chi connectivity index (χ2n) is 6.49. The van der Waals surface area contributed by atoms with Crippen molar-refractivity contribution in [1.82, 2.24) is 10.6 Å². The Morgan fingerprint density at radius 2 is 1.50 bits per heavy atom. The van der Waals surface area contributed by atoms with E-state index in [1.54, 1.807) is 18.2 Å². The third kappa shape index (κ3) is 5.64. The lowest BCUT2D eigenvalue weighted by molar-refractivity contribution is -0.120. The molecule has 30 heavy (non-hydrogen) atoms. The van der Waals surface area contributed by atoms with E-state index in [-0.39, 0.29) is 12.5 Å². The second-order valence-corrected chi connectivity index (χ2v) is 6.49. The van der Waals surface area contributed by atoms with Gasteiger partial charge in [0.05, 0.1) is 27.3 Å². The number of ether oxygens (including phenoxy) is 3. The van der Waals surface area contributed by atoms with Gasteiger partial charge in [-0.2, -0.15) is 0 Å². The lowest BCUT2D eigenvalue weighted by Crippen LogP contribution is -2.38. The van der Waals surface area contributed by atoms with Crippen molar-refractivity contribution in [3.8, 4) is 17.2 Å². The Balaban J connectivity index is 1.41. The van der Waals surface area contributed by atoms with E-state index in [0.29, 0.717) is 30.2 Å². The van der Waals surface area contributed by atoms with E-state index in [4.69, 9.17) is 14.2 Å². The monoisotopic (exact) mass is 408 g/mol. The molecule has 3 rings (SSSR count). The molecule has 0 radical (unpaired) electrons. The van der Waals surface area contributed by atoms with Crippen molar-refractivity contribution in [2.45, 2.75) is 0 Å². The van der Waals surface area contributed by atoms with E-state index in [9.17, 15) is 9.59 Å². The zero-order chi connectivity index (χ0) is 21.3. The van der Waals surface area contributed by atoms with Crippen molar-refractivity contribution in [3.05, 3.63) is 66.2 Å². The number of rotatable bonds is 9. The maximum absolute atomic E-state index is 12.3. The summed E-state index contributed by atoms with van der Waals surface area (Å²) in [6.07, 6.45) is 0. The Bertz CT molecular complexity index is 1010. The van der Waals surface area contributed by atoms with Gasteiger partial charge in [0.15, 0.2) is 0 Å². The molecule has 0 saturated heterocycles. The molecule has 7 nitrogen and oxygen atoms in total. The van der Waals surface area contributed by atoms with Gasteiger partial charge in [0.2, 0.25) is 5.91 Å². The first-order valence-corrected chi connectivity index (χ1v) is 9.48. The summed E-state index contributed by atoms with van der Waals surface area (Å²) in [5.41, 5.74) is 0.346. The first-order chi connectivity index (χ1) is 14.6. The molecule has 0 bridgehead atoms. The fourth-order valence-electron chi connectivity index (χ4n) is 2.88. The third-order valence-electron chi connectivity index (χ3n) is 4.44. The zero-order valence-corrected chi connectivity index (χ0v) is 16.9. The Hall–Kier alpha value is -3.74. The molecule has 0 saturated carbocycles. The SMILES string of the molecule is COc1cc(OC)cc(C(=O)NCC(=O)NCCOc2ccc3ccccc3c2)c1. The number of amides is 2. The van der Waals surface area contributed by atoms with Crippen molar-refractivity contribution in [2.75, 3.05) is 33.9 Å². The average molecular weight is 408 g/mol. The van der Waals surface area contributed by atoms with Gasteiger partial charge in [-0.25, -0.2) is 0 Å². The summed E-state index contributed by atoms with van der Waals surface area (Å²) in [4.78, 5) is 24.3. The predicted octanol–water partition coefficient (Wildman–Crippen LogP) is 2.78. The fourth-order valence-corrected chi connectivity index (χ4v) is 2.88. The maximum Gasteiger partial charge on any atom is 0.251 e. The Labute approximate surface area is 174 Å². The number of methoxy groups -OCH3 is 2. The van der Waals surface area contributed by atoms with Crippen molar-refractivity contribution < 1.29 is 23.8 Å². The second kappa shape index (κ2) is 10.2. The van der Waals surface area contributed by atoms with Crippen LogP contribution in [0, 0.1) is 0 Å². The van der Waals surface area contributed by atoms with E-state index in [1.165, 1.54) is 14.2 Å². The Morgan fingerprint density at radius 3 is 2.20 bits per heavy atom. The highest BCUT2D eigenvalue weighted by Gasteiger charge is 2.11. The summed E-state index contributed by atoms with van der Waals surface area (Å²) in [6, 6.07) is 18.7. The number of hydrogen-bond acceptors (Lipinski definition) is 5. The van der Waals surface area contributed by atoms with Gasteiger partial charge in [-0.05, 0) is 35.0 Å². The number of fused-ring (bicyclic) bond motifs is 1. The van der Waals surface area contributed by atoms with Crippen LogP contribution in [0.1, 0.15) is 10.4 Å². The van der Waals surface area contributed by atoms with Gasteiger partial charge in [0.25, 0.3) is 5.91 Å². The Kier molecular flexibility index (Phi) is 7.10. The molecular formula is C23H24N2O5. The number of benzene rings is 3. The van der Waals surface area contributed by atoms with Crippen LogP contribution >= 0.6 is 0 Å². The van der Waals surface area contributed by atoms with E-state index in [2.05, 4.69) is 10.6 Å².